The summed E-state index contributed by atoms with van der Waals surface area (Å²) in [6.07, 6.45) is 3.44. The van der Waals surface area contributed by atoms with Crippen molar-refractivity contribution in [3.63, 3.8) is 0 Å². The van der Waals surface area contributed by atoms with Gasteiger partial charge in [-0.05, 0) is 25.1 Å². The Bertz CT molecular complexity index is 431. The van der Waals surface area contributed by atoms with Crippen LogP contribution < -0.4 is 0 Å². The molecule has 2 heterocycles. The van der Waals surface area contributed by atoms with E-state index in [4.69, 9.17) is 0 Å². The van der Waals surface area contributed by atoms with Gasteiger partial charge in [-0.15, -0.1) is 0 Å². The second-order valence-electron chi connectivity index (χ2n) is 2.67. The molecule has 0 fully saturated rings. The molecule has 12 heavy (non-hydrogen) atoms. The van der Waals surface area contributed by atoms with Crippen molar-refractivity contribution >= 4 is 11.3 Å². The van der Waals surface area contributed by atoms with Crippen LogP contribution in [0.4, 0.5) is 0 Å². The number of carbonyl (C=O) groups excluding carboxylic acids is 1. The SMILES string of the molecule is CC(=O)c1ccc2ccnn2c1. The average molecular weight is 160 g/mol. The minimum absolute atomic E-state index is 0.0624. The molecule has 0 atom stereocenters. The minimum atomic E-state index is 0.0624. The smallest absolute Gasteiger partial charge is 0.161 e. The van der Waals surface area contributed by atoms with Crippen molar-refractivity contribution in [2.45, 2.75) is 6.92 Å². The number of ketones is 1. The maximum Gasteiger partial charge on any atom is 0.161 e. The van der Waals surface area contributed by atoms with Crippen molar-refractivity contribution in [1.82, 2.24) is 9.61 Å². The van der Waals surface area contributed by atoms with Crippen molar-refractivity contribution in [2.24, 2.45) is 0 Å². The maximum absolute atomic E-state index is 11.0. The minimum Gasteiger partial charge on any atom is -0.294 e. The van der Waals surface area contributed by atoms with Gasteiger partial charge in [-0.25, -0.2) is 4.52 Å². The second kappa shape index (κ2) is 2.44. The number of hydrogen-bond donors (Lipinski definition) is 0. The molecule has 0 aliphatic rings. The lowest BCUT2D eigenvalue weighted by Crippen LogP contribution is -1.95. The molecule has 2 aromatic rings. The zero-order valence-corrected chi connectivity index (χ0v) is 6.69. The number of nitrogens with zero attached hydrogens (tertiary/aromatic N) is 2. The Morgan fingerprint density at radius 3 is 3.00 bits per heavy atom. The van der Waals surface area contributed by atoms with Crippen LogP contribution in [0.2, 0.25) is 0 Å². The number of Topliss-reactive ketones (excluding diaryl/α,β-unsaturated/α-hetero) is 1. The van der Waals surface area contributed by atoms with Gasteiger partial charge in [0.2, 0.25) is 0 Å². The van der Waals surface area contributed by atoms with Gasteiger partial charge in [0.15, 0.2) is 5.78 Å². The molecule has 0 aliphatic carbocycles. The van der Waals surface area contributed by atoms with Crippen LogP contribution in [-0.4, -0.2) is 15.4 Å². The van der Waals surface area contributed by atoms with E-state index < -0.39 is 0 Å². The van der Waals surface area contributed by atoms with Crippen LogP contribution in [0.15, 0.2) is 30.6 Å². The molecule has 2 aromatic heterocycles. The standard InChI is InChI=1S/C9H8N2O/c1-7(12)8-2-3-9-4-5-10-11(9)6-8/h2-6H,1H3. The lowest BCUT2D eigenvalue weighted by atomic mass is 10.2. The molecular weight excluding hydrogens is 152 g/mol. The van der Waals surface area contributed by atoms with Crippen LogP contribution in [0.1, 0.15) is 17.3 Å². The monoisotopic (exact) mass is 160 g/mol. The van der Waals surface area contributed by atoms with Gasteiger partial charge in [-0.2, -0.15) is 5.10 Å². The van der Waals surface area contributed by atoms with E-state index >= 15 is 0 Å². The number of pyridine rings is 1. The Kier molecular flexibility index (Phi) is 1.43. The Morgan fingerprint density at radius 1 is 1.42 bits per heavy atom. The first kappa shape index (κ1) is 7.03. The molecule has 0 saturated heterocycles. The summed E-state index contributed by atoms with van der Waals surface area (Å²) in [6.45, 7) is 1.55. The van der Waals surface area contributed by atoms with Gasteiger partial charge in [-0.3, -0.25) is 4.79 Å². The van der Waals surface area contributed by atoms with E-state index in [1.54, 1.807) is 29.9 Å². The van der Waals surface area contributed by atoms with E-state index in [0.29, 0.717) is 5.56 Å². The summed E-state index contributed by atoms with van der Waals surface area (Å²) in [5.74, 6) is 0.0624. The summed E-state index contributed by atoms with van der Waals surface area (Å²) >= 11 is 0. The van der Waals surface area contributed by atoms with Crippen molar-refractivity contribution in [3.05, 3.63) is 36.2 Å². The number of carbonyl (C=O) groups is 1. The fraction of sp³-hybridized carbons (Fsp3) is 0.111. The van der Waals surface area contributed by atoms with E-state index in [-0.39, 0.29) is 5.78 Å². The van der Waals surface area contributed by atoms with E-state index in [1.165, 1.54) is 0 Å². The first-order valence-electron chi connectivity index (χ1n) is 3.72. The van der Waals surface area contributed by atoms with Gasteiger partial charge in [0.1, 0.15) is 0 Å². The molecule has 2 rings (SSSR count). The normalized spacial score (nSPS) is 10.4. The number of rotatable bonds is 1. The summed E-state index contributed by atoms with van der Waals surface area (Å²) in [5, 5.41) is 4.03. The fourth-order valence-corrected chi connectivity index (χ4v) is 1.12. The average Bonchev–Trinajstić information content (AvgIpc) is 2.49. The first-order valence-corrected chi connectivity index (χ1v) is 3.72. The zero-order chi connectivity index (χ0) is 8.55. The van der Waals surface area contributed by atoms with Crippen LogP contribution in [0.25, 0.3) is 5.52 Å². The molecule has 0 aliphatic heterocycles. The van der Waals surface area contributed by atoms with Crippen LogP contribution in [0.3, 0.4) is 0 Å². The highest BCUT2D eigenvalue weighted by Gasteiger charge is 1.99. The molecule has 3 nitrogen and oxygen atoms in total. The summed E-state index contributed by atoms with van der Waals surface area (Å²) in [6, 6.07) is 5.58. The van der Waals surface area contributed by atoms with Crippen LogP contribution in [0.5, 0.6) is 0 Å². The molecule has 60 valence electrons. The Morgan fingerprint density at radius 2 is 2.25 bits per heavy atom. The first-order chi connectivity index (χ1) is 5.77. The van der Waals surface area contributed by atoms with E-state index in [2.05, 4.69) is 5.10 Å². The summed E-state index contributed by atoms with van der Waals surface area (Å²) in [7, 11) is 0. The molecule has 0 bridgehead atoms. The van der Waals surface area contributed by atoms with Gasteiger partial charge in [0.25, 0.3) is 0 Å². The fourth-order valence-electron chi connectivity index (χ4n) is 1.12. The van der Waals surface area contributed by atoms with Crippen molar-refractivity contribution in [1.29, 1.82) is 0 Å². The third-order valence-corrected chi connectivity index (χ3v) is 1.80. The molecule has 0 radical (unpaired) electrons. The van der Waals surface area contributed by atoms with Crippen molar-refractivity contribution < 1.29 is 4.79 Å². The van der Waals surface area contributed by atoms with Crippen LogP contribution in [0, 0.1) is 0 Å². The number of fused-ring (bicyclic) bond motifs is 1. The molecular formula is C9H8N2O. The van der Waals surface area contributed by atoms with Crippen molar-refractivity contribution in [3.8, 4) is 0 Å². The lowest BCUT2D eigenvalue weighted by Gasteiger charge is -1.95. The zero-order valence-electron chi connectivity index (χ0n) is 6.69. The third kappa shape index (κ3) is 0.993. The Balaban J connectivity index is 2.68. The highest BCUT2D eigenvalue weighted by Crippen LogP contribution is 2.05. The quantitative estimate of drug-likeness (QED) is 0.593. The molecule has 0 aromatic carbocycles. The maximum atomic E-state index is 11.0. The largest absolute Gasteiger partial charge is 0.294 e. The van der Waals surface area contributed by atoms with Gasteiger partial charge in [0, 0.05) is 18.0 Å². The lowest BCUT2D eigenvalue weighted by molar-refractivity contribution is 0.101. The second-order valence-corrected chi connectivity index (χ2v) is 2.67. The van der Waals surface area contributed by atoms with E-state index in [0.717, 1.165) is 5.52 Å². The third-order valence-electron chi connectivity index (χ3n) is 1.80. The highest BCUT2D eigenvalue weighted by molar-refractivity contribution is 5.94. The van der Waals surface area contributed by atoms with Crippen LogP contribution in [-0.2, 0) is 0 Å². The number of hydrogen-bond acceptors (Lipinski definition) is 2. The summed E-state index contributed by atoms with van der Waals surface area (Å²) in [4.78, 5) is 11.0. The predicted octanol–water partition coefficient (Wildman–Crippen LogP) is 1.54. The van der Waals surface area contributed by atoms with Gasteiger partial charge >= 0.3 is 0 Å². The molecule has 0 spiro atoms. The summed E-state index contributed by atoms with van der Waals surface area (Å²) < 4.78 is 1.69. The number of aromatic nitrogens is 2. The summed E-state index contributed by atoms with van der Waals surface area (Å²) in [5.41, 5.74) is 1.69. The van der Waals surface area contributed by atoms with Crippen LogP contribution >= 0.6 is 0 Å². The Hall–Kier alpha value is -1.64. The van der Waals surface area contributed by atoms with E-state index in [9.17, 15) is 4.79 Å². The van der Waals surface area contributed by atoms with Crippen molar-refractivity contribution in [2.75, 3.05) is 0 Å². The van der Waals surface area contributed by atoms with E-state index in [1.807, 2.05) is 12.1 Å². The Labute approximate surface area is 69.6 Å². The topological polar surface area (TPSA) is 34.4 Å². The molecule has 3 heteroatoms. The molecule has 0 N–H and O–H groups in total. The highest BCUT2D eigenvalue weighted by atomic mass is 16.1. The molecule has 0 amide bonds. The van der Waals surface area contributed by atoms with Gasteiger partial charge < -0.3 is 0 Å². The molecule has 0 unspecified atom stereocenters. The molecule has 0 saturated carbocycles. The van der Waals surface area contributed by atoms with Gasteiger partial charge in [-0.1, -0.05) is 0 Å². The van der Waals surface area contributed by atoms with Gasteiger partial charge in [0.05, 0.1) is 5.52 Å². The predicted molar refractivity (Wildman–Crippen MR) is 45.2 cm³/mol.